The van der Waals surface area contributed by atoms with Crippen molar-refractivity contribution in [2.45, 2.75) is 19.3 Å². The van der Waals surface area contributed by atoms with Gasteiger partial charge in [0.2, 0.25) is 0 Å². The van der Waals surface area contributed by atoms with E-state index < -0.39 is 11.4 Å². The van der Waals surface area contributed by atoms with E-state index in [9.17, 15) is 14.7 Å². The van der Waals surface area contributed by atoms with Crippen LogP contribution in [-0.4, -0.2) is 40.1 Å². The van der Waals surface area contributed by atoms with Gasteiger partial charge in [0.05, 0.1) is 5.41 Å². The monoisotopic (exact) mass is 309 g/mol. The predicted octanol–water partition coefficient (Wildman–Crippen LogP) is 2.45. The topological polar surface area (TPSA) is 82.5 Å². The second kappa shape index (κ2) is 5.18. The molecule has 0 unspecified atom stereocenters. The normalized spacial score (nSPS) is 27.5. The number of nitrogens with one attached hydrogen (secondary N) is 1. The molecule has 0 radical (unpaired) electrons. The highest BCUT2D eigenvalue weighted by Crippen LogP contribution is 2.48. The number of anilines is 1. The molecule has 1 aliphatic heterocycles. The Morgan fingerprint density at radius 1 is 1.52 bits per heavy atom. The van der Waals surface area contributed by atoms with Crippen LogP contribution in [0.2, 0.25) is 5.02 Å². The molecule has 3 rings (SSSR count). The van der Waals surface area contributed by atoms with Gasteiger partial charge in [0.1, 0.15) is 5.82 Å². The summed E-state index contributed by atoms with van der Waals surface area (Å²) in [5.74, 6) is -0.372. The van der Waals surface area contributed by atoms with Crippen LogP contribution in [-0.2, 0) is 4.79 Å². The van der Waals surface area contributed by atoms with Gasteiger partial charge >= 0.3 is 12.0 Å². The summed E-state index contributed by atoms with van der Waals surface area (Å²) in [7, 11) is 0. The number of carboxylic acid groups (broad SMARTS) is 1. The smallest absolute Gasteiger partial charge is 0.323 e. The molecule has 7 heteroatoms. The first-order valence-electron chi connectivity index (χ1n) is 6.92. The van der Waals surface area contributed by atoms with Gasteiger partial charge in [-0.1, -0.05) is 18.0 Å². The summed E-state index contributed by atoms with van der Waals surface area (Å²) >= 11 is 5.85. The Morgan fingerprint density at radius 3 is 3.00 bits per heavy atom. The first kappa shape index (κ1) is 14.1. The van der Waals surface area contributed by atoms with Gasteiger partial charge in [-0.3, -0.25) is 10.1 Å². The maximum Gasteiger partial charge on any atom is 0.323 e. The Morgan fingerprint density at radius 2 is 2.33 bits per heavy atom. The average molecular weight is 310 g/mol. The number of fused-ring (bicyclic) bond motifs is 1. The minimum atomic E-state index is -0.791. The largest absolute Gasteiger partial charge is 0.481 e. The van der Waals surface area contributed by atoms with E-state index in [0.717, 1.165) is 12.8 Å². The molecule has 2 N–H and O–H groups in total. The molecule has 2 atom stereocenters. The van der Waals surface area contributed by atoms with Crippen LogP contribution in [0.5, 0.6) is 0 Å². The van der Waals surface area contributed by atoms with Gasteiger partial charge in [0.15, 0.2) is 0 Å². The van der Waals surface area contributed by atoms with Crippen molar-refractivity contribution in [2.75, 3.05) is 18.4 Å². The molecule has 0 spiro atoms. The number of rotatable bonds is 2. The number of aliphatic carboxylic acids is 1. The van der Waals surface area contributed by atoms with E-state index in [-0.39, 0.29) is 18.5 Å². The second-order valence-corrected chi connectivity index (χ2v) is 6.16. The van der Waals surface area contributed by atoms with E-state index >= 15 is 0 Å². The Kier molecular flexibility index (Phi) is 3.49. The minimum absolute atomic E-state index is 0.0491. The van der Waals surface area contributed by atoms with Gasteiger partial charge in [0, 0.05) is 24.3 Å². The summed E-state index contributed by atoms with van der Waals surface area (Å²) in [5.41, 5.74) is -0.765. The highest BCUT2D eigenvalue weighted by Gasteiger charge is 2.55. The number of aromatic nitrogens is 1. The Hall–Kier alpha value is -1.82. The predicted molar refractivity (Wildman–Crippen MR) is 77.2 cm³/mol. The lowest BCUT2D eigenvalue weighted by Gasteiger charge is -2.23. The maximum atomic E-state index is 12.3. The highest BCUT2D eigenvalue weighted by atomic mass is 35.5. The third-order valence-corrected chi connectivity index (χ3v) is 4.78. The minimum Gasteiger partial charge on any atom is -0.481 e. The molecular weight excluding hydrogens is 294 g/mol. The van der Waals surface area contributed by atoms with Crippen molar-refractivity contribution < 1.29 is 14.7 Å². The molecule has 1 saturated heterocycles. The number of amides is 2. The molecule has 6 nitrogen and oxygen atoms in total. The Balaban J connectivity index is 1.71. The van der Waals surface area contributed by atoms with Crippen molar-refractivity contribution in [2.24, 2.45) is 11.3 Å². The van der Waals surface area contributed by atoms with Gasteiger partial charge < -0.3 is 10.0 Å². The van der Waals surface area contributed by atoms with E-state index in [4.69, 9.17) is 11.6 Å². The van der Waals surface area contributed by atoms with Crippen LogP contribution in [0, 0.1) is 11.3 Å². The van der Waals surface area contributed by atoms with Crippen LogP contribution in [0.4, 0.5) is 10.6 Å². The fourth-order valence-corrected chi connectivity index (χ4v) is 3.62. The molecule has 1 aliphatic carbocycles. The molecule has 1 saturated carbocycles. The van der Waals surface area contributed by atoms with E-state index in [2.05, 4.69) is 10.3 Å². The lowest BCUT2D eigenvalue weighted by Crippen LogP contribution is -2.38. The molecule has 2 fully saturated rings. The number of urea groups is 1. The van der Waals surface area contributed by atoms with Crippen molar-refractivity contribution in [3.8, 4) is 0 Å². The van der Waals surface area contributed by atoms with Crippen molar-refractivity contribution in [1.82, 2.24) is 9.88 Å². The number of pyridine rings is 1. The van der Waals surface area contributed by atoms with Gasteiger partial charge in [-0.15, -0.1) is 0 Å². The van der Waals surface area contributed by atoms with E-state index in [1.54, 1.807) is 17.0 Å². The maximum absolute atomic E-state index is 12.3. The summed E-state index contributed by atoms with van der Waals surface area (Å²) in [6, 6.07) is 2.86. The molecular formula is C14H16ClN3O3. The number of halogens is 1. The van der Waals surface area contributed by atoms with Crippen LogP contribution in [0.1, 0.15) is 19.3 Å². The summed E-state index contributed by atoms with van der Waals surface area (Å²) in [6.45, 7) is 0.748. The van der Waals surface area contributed by atoms with E-state index in [1.807, 2.05) is 0 Å². The van der Waals surface area contributed by atoms with Crippen molar-refractivity contribution in [3.05, 3.63) is 23.4 Å². The van der Waals surface area contributed by atoms with Crippen molar-refractivity contribution >= 4 is 29.4 Å². The number of hydrogen-bond donors (Lipinski definition) is 2. The number of carboxylic acids is 1. The molecule has 1 aromatic heterocycles. The molecule has 0 aromatic carbocycles. The average Bonchev–Trinajstić information content (AvgIpc) is 2.95. The van der Waals surface area contributed by atoms with Gasteiger partial charge in [-0.05, 0) is 30.9 Å². The standard InChI is InChI=1S/C14H16ClN3O3/c15-10-3-5-16-11(6-10)17-13(21)18-7-9-2-1-4-14(9,8-18)12(19)20/h3,5-6,9H,1-2,4,7-8H2,(H,19,20)(H,16,17,21)/t9-,14+/m0/s1. The first-order chi connectivity index (χ1) is 10.0. The van der Waals surface area contributed by atoms with Gasteiger partial charge in [-0.2, -0.15) is 0 Å². The Bertz CT molecular complexity index is 595. The third-order valence-electron chi connectivity index (χ3n) is 4.54. The fourth-order valence-electron chi connectivity index (χ4n) is 3.46. The first-order valence-corrected chi connectivity index (χ1v) is 7.30. The molecule has 2 heterocycles. The molecule has 0 bridgehead atoms. The van der Waals surface area contributed by atoms with Crippen LogP contribution in [0.25, 0.3) is 0 Å². The molecule has 112 valence electrons. The SMILES string of the molecule is O=C(Nc1cc(Cl)ccn1)N1C[C@@H]2CCC[C@@]2(C(=O)O)C1. The van der Waals surface area contributed by atoms with Crippen molar-refractivity contribution in [3.63, 3.8) is 0 Å². The molecule has 1 aromatic rings. The molecule has 21 heavy (non-hydrogen) atoms. The van der Waals surface area contributed by atoms with E-state index in [0.29, 0.717) is 23.8 Å². The fraction of sp³-hybridized carbons (Fsp3) is 0.500. The number of likely N-dealkylation sites (tertiary alicyclic amines) is 1. The number of nitrogens with zero attached hydrogens (tertiary/aromatic N) is 2. The zero-order chi connectivity index (χ0) is 15.0. The van der Waals surface area contributed by atoms with E-state index in [1.165, 1.54) is 6.20 Å². The molecule has 2 amide bonds. The van der Waals surface area contributed by atoms with Crippen LogP contribution < -0.4 is 5.32 Å². The van der Waals surface area contributed by atoms with Crippen LogP contribution in [0.15, 0.2) is 18.3 Å². The summed E-state index contributed by atoms with van der Waals surface area (Å²) in [6.07, 6.45) is 3.94. The lowest BCUT2D eigenvalue weighted by atomic mass is 9.81. The second-order valence-electron chi connectivity index (χ2n) is 5.72. The number of carbonyl (C=O) groups excluding carboxylic acids is 1. The zero-order valence-corrected chi connectivity index (χ0v) is 12.1. The summed E-state index contributed by atoms with van der Waals surface area (Å²) < 4.78 is 0. The summed E-state index contributed by atoms with van der Waals surface area (Å²) in [4.78, 5) is 29.4. The lowest BCUT2D eigenvalue weighted by molar-refractivity contribution is -0.149. The van der Waals surface area contributed by atoms with Crippen LogP contribution in [0.3, 0.4) is 0 Å². The Labute approximate surface area is 127 Å². The van der Waals surface area contributed by atoms with Crippen LogP contribution >= 0.6 is 11.6 Å². The summed E-state index contributed by atoms with van der Waals surface area (Å²) in [5, 5.41) is 12.7. The third kappa shape index (κ3) is 2.44. The van der Waals surface area contributed by atoms with Gasteiger partial charge in [0.25, 0.3) is 0 Å². The number of hydrogen-bond acceptors (Lipinski definition) is 3. The highest BCUT2D eigenvalue weighted by molar-refractivity contribution is 6.30. The number of carbonyl (C=O) groups is 2. The quantitative estimate of drug-likeness (QED) is 0.879. The van der Waals surface area contributed by atoms with Crippen molar-refractivity contribution in [1.29, 1.82) is 0 Å². The van der Waals surface area contributed by atoms with Gasteiger partial charge in [-0.25, -0.2) is 9.78 Å². The molecule has 2 aliphatic rings. The zero-order valence-electron chi connectivity index (χ0n) is 11.4.